The van der Waals surface area contributed by atoms with Crippen LogP contribution >= 0.6 is 0 Å². The number of nitrogens with zero attached hydrogens (tertiary/aromatic N) is 1. The molecule has 2 aliphatic rings. The zero-order valence-corrected chi connectivity index (χ0v) is 12.6. The standard InChI is InChI=1S/C17H24N2O2/c1-2-15-17(20)19(11-13-7-6-10-21-12-13)16(18-15)14-8-4-3-5-9-14/h3-5,8-9,13,15-16,18H,2,6-7,10-12H2,1H3. The summed E-state index contributed by atoms with van der Waals surface area (Å²) in [4.78, 5) is 14.6. The van der Waals surface area contributed by atoms with E-state index in [2.05, 4.69) is 24.4 Å². The van der Waals surface area contributed by atoms with E-state index >= 15 is 0 Å². The highest BCUT2D eigenvalue weighted by molar-refractivity contribution is 5.84. The van der Waals surface area contributed by atoms with Gasteiger partial charge in [-0.15, -0.1) is 0 Å². The van der Waals surface area contributed by atoms with Crippen LogP contribution in [0.25, 0.3) is 0 Å². The van der Waals surface area contributed by atoms with E-state index in [1.807, 2.05) is 23.1 Å². The first kappa shape index (κ1) is 14.5. The van der Waals surface area contributed by atoms with Gasteiger partial charge in [0.1, 0.15) is 6.17 Å². The maximum Gasteiger partial charge on any atom is 0.241 e. The van der Waals surface area contributed by atoms with Crippen LogP contribution in [0.3, 0.4) is 0 Å². The first-order valence-corrected chi connectivity index (χ1v) is 7.98. The van der Waals surface area contributed by atoms with Gasteiger partial charge in [0.15, 0.2) is 0 Å². The molecule has 2 heterocycles. The molecular formula is C17H24N2O2. The zero-order chi connectivity index (χ0) is 14.7. The Morgan fingerprint density at radius 3 is 2.81 bits per heavy atom. The summed E-state index contributed by atoms with van der Waals surface area (Å²) < 4.78 is 5.56. The minimum absolute atomic E-state index is 0.00516. The molecule has 3 atom stereocenters. The van der Waals surface area contributed by atoms with Crippen LogP contribution in [0.15, 0.2) is 30.3 Å². The Bertz CT molecular complexity index is 471. The number of amides is 1. The molecule has 1 N–H and O–H groups in total. The SMILES string of the molecule is CCC1NC(c2ccccc2)N(CC2CCCOC2)C1=O. The number of nitrogens with one attached hydrogen (secondary N) is 1. The van der Waals surface area contributed by atoms with Gasteiger partial charge in [-0.2, -0.15) is 0 Å². The molecular weight excluding hydrogens is 264 g/mol. The Kier molecular flexibility index (Phi) is 4.56. The van der Waals surface area contributed by atoms with Crippen molar-refractivity contribution in [3.8, 4) is 0 Å². The first-order chi connectivity index (χ1) is 10.3. The van der Waals surface area contributed by atoms with Gasteiger partial charge in [0, 0.05) is 19.1 Å². The summed E-state index contributed by atoms with van der Waals surface area (Å²) in [6.45, 7) is 4.50. The van der Waals surface area contributed by atoms with Gasteiger partial charge < -0.3 is 9.64 Å². The van der Waals surface area contributed by atoms with Crippen LogP contribution in [0.1, 0.15) is 37.9 Å². The Balaban J connectivity index is 1.77. The quantitative estimate of drug-likeness (QED) is 0.924. The molecule has 1 aromatic carbocycles. The fourth-order valence-corrected chi connectivity index (χ4v) is 3.31. The third-order valence-corrected chi connectivity index (χ3v) is 4.48. The van der Waals surface area contributed by atoms with Crippen LogP contribution in [0.4, 0.5) is 0 Å². The lowest BCUT2D eigenvalue weighted by Gasteiger charge is -2.30. The lowest BCUT2D eigenvalue weighted by atomic mass is 10.0. The van der Waals surface area contributed by atoms with Gasteiger partial charge in [0.05, 0.1) is 12.6 Å². The van der Waals surface area contributed by atoms with Gasteiger partial charge in [-0.3, -0.25) is 10.1 Å². The Morgan fingerprint density at radius 2 is 2.14 bits per heavy atom. The molecule has 3 unspecified atom stereocenters. The van der Waals surface area contributed by atoms with Crippen LogP contribution in [0.5, 0.6) is 0 Å². The van der Waals surface area contributed by atoms with E-state index in [1.54, 1.807) is 0 Å². The van der Waals surface area contributed by atoms with E-state index in [0.29, 0.717) is 5.92 Å². The summed E-state index contributed by atoms with van der Waals surface area (Å²) in [6, 6.07) is 10.2. The average Bonchev–Trinajstić information content (AvgIpc) is 2.86. The molecule has 0 radical (unpaired) electrons. The second-order valence-corrected chi connectivity index (χ2v) is 6.01. The number of carbonyl (C=O) groups is 1. The van der Waals surface area contributed by atoms with Crippen molar-refractivity contribution < 1.29 is 9.53 Å². The molecule has 114 valence electrons. The molecule has 1 aromatic rings. The molecule has 2 fully saturated rings. The van der Waals surface area contributed by atoms with Gasteiger partial charge in [0.25, 0.3) is 0 Å². The Hall–Kier alpha value is -1.39. The number of benzene rings is 1. The normalized spacial score (nSPS) is 29.9. The van der Waals surface area contributed by atoms with Gasteiger partial charge in [-0.1, -0.05) is 37.3 Å². The second-order valence-electron chi connectivity index (χ2n) is 6.01. The van der Waals surface area contributed by atoms with Gasteiger partial charge >= 0.3 is 0 Å². The van der Waals surface area contributed by atoms with Crippen molar-refractivity contribution >= 4 is 5.91 Å². The topological polar surface area (TPSA) is 41.6 Å². The number of carbonyl (C=O) groups excluding carboxylic acids is 1. The fraction of sp³-hybridized carbons (Fsp3) is 0.588. The fourth-order valence-electron chi connectivity index (χ4n) is 3.31. The highest BCUT2D eigenvalue weighted by Gasteiger charge is 2.39. The van der Waals surface area contributed by atoms with E-state index < -0.39 is 0 Å². The minimum Gasteiger partial charge on any atom is -0.381 e. The molecule has 4 heteroatoms. The third kappa shape index (κ3) is 3.11. The number of ether oxygens (including phenoxy) is 1. The second kappa shape index (κ2) is 6.58. The summed E-state index contributed by atoms with van der Waals surface area (Å²) >= 11 is 0. The molecule has 0 saturated carbocycles. The summed E-state index contributed by atoms with van der Waals surface area (Å²) in [5.41, 5.74) is 1.17. The van der Waals surface area contributed by atoms with Crippen LogP contribution < -0.4 is 5.32 Å². The molecule has 0 aromatic heterocycles. The summed E-state index contributed by atoms with van der Waals surface area (Å²) in [5.74, 6) is 0.697. The molecule has 1 amide bonds. The molecule has 0 aliphatic carbocycles. The zero-order valence-electron chi connectivity index (χ0n) is 12.6. The minimum atomic E-state index is -0.0558. The number of rotatable bonds is 4. The van der Waals surface area contributed by atoms with Crippen molar-refractivity contribution in [2.24, 2.45) is 5.92 Å². The van der Waals surface area contributed by atoms with Crippen LogP contribution in [-0.2, 0) is 9.53 Å². The highest BCUT2D eigenvalue weighted by atomic mass is 16.5. The lowest BCUT2D eigenvalue weighted by Crippen LogP contribution is -2.37. The van der Waals surface area contributed by atoms with E-state index in [9.17, 15) is 4.79 Å². The van der Waals surface area contributed by atoms with E-state index in [-0.39, 0.29) is 18.1 Å². The summed E-state index contributed by atoms with van der Waals surface area (Å²) in [6.07, 6.45) is 3.10. The van der Waals surface area contributed by atoms with Crippen molar-refractivity contribution in [2.75, 3.05) is 19.8 Å². The number of hydrogen-bond acceptors (Lipinski definition) is 3. The molecule has 4 nitrogen and oxygen atoms in total. The van der Waals surface area contributed by atoms with E-state index in [1.165, 1.54) is 5.56 Å². The average molecular weight is 288 g/mol. The van der Waals surface area contributed by atoms with Gasteiger partial charge in [-0.25, -0.2) is 0 Å². The molecule has 0 bridgehead atoms. The van der Waals surface area contributed by atoms with Gasteiger partial charge in [0.2, 0.25) is 5.91 Å². The molecule has 0 spiro atoms. The predicted octanol–water partition coefficient (Wildman–Crippen LogP) is 2.32. The maximum absolute atomic E-state index is 12.6. The summed E-state index contributed by atoms with van der Waals surface area (Å²) in [5, 5.41) is 3.48. The van der Waals surface area contributed by atoms with Crippen molar-refractivity contribution in [1.82, 2.24) is 10.2 Å². The highest BCUT2D eigenvalue weighted by Crippen LogP contribution is 2.28. The van der Waals surface area contributed by atoms with Crippen molar-refractivity contribution in [3.63, 3.8) is 0 Å². The third-order valence-electron chi connectivity index (χ3n) is 4.48. The Morgan fingerprint density at radius 1 is 1.33 bits per heavy atom. The van der Waals surface area contributed by atoms with Crippen molar-refractivity contribution in [2.45, 2.75) is 38.4 Å². The van der Waals surface area contributed by atoms with E-state index in [4.69, 9.17) is 4.74 Å². The van der Waals surface area contributed by atoms with Crippen LogP contribution in [0.2, 0.25) is 0 Å². The molecule has 21 heavy (non-hydrogen) atoms. The Labute approximate surface area is 126 Å². The van der Waals surface area contributed by atoms with Crippen LogP contribution in [0, 0.1) is 5.92 Å². The summed E-state index contributed by atoms with van der Waals surface area (Å²) in [7, 11) is 0. The maximum atomic E-state index is 12.6. The monoisotopic (exact) mass is 288 g/mol. The molecule has 2 saturated heterocycles. The smallest absolute Gasteiger partial charge is 0.241 e. The molecule has 2 aliphatic heterocycles. The van der Waals surface area contributed by atoms with Crippen LogP contribution in [-0.4, -0.2) is 36.6 Å². The van der Waals surface area contributed by atoms with Crippen molar-refractivity contribution in [1.29, 1.82) is 0 Å². The predicted molar refractivity (Wildman–Crippen MR) is 81.7 cm³/mol. The van der Waals surface area contributed by atoms with Crippen molar-refractivity contribution in [3.05, 3.63) is 35.9 Å². The first-order valence-electron chi connectivity index (χ1n) is 7.98. The molecule has 3 rings (SSSR count). The van der Waals surface area contributed by atoms with Gasteiger partial charge in [-0.05, 0) is 24.8 Å². The van der Waals surface area contributed by atoms with E-state index in [0.717, 1.165) is 39.0 Å². The lowest BCUT2D eigenvalue weighted by molar-refractivity contribution is -0.131. The largest absolute Gasteiger partial charge is 0.381 e. The number of hydrogen-bond donors (Lipinski definition) is 1.